The van der Waals surface area contributed by atoms with Crippen molar-refractivity contribution in [3.63, 3.8) is 0 Å². The predicted octanol–water partition coefficient (Wildman–Crippen LogP) is 0.893. The van der Waals surface area contributed by atoms with Crippen LogP contribution < -0.4 is 5.73 Å². The van der Waals surface area contributed by atoms with Gasteiger partial charge in [0.1, 0.15) is 0 Å². The van der Waals surface area contributed by atoms with E-state index in [-0.39, 0.29) is 17.9 Å². The first kappa shape index (κ1) is 15.9. The van der Waals surface area contributed by atoms with Crippen LogP contribution in [0.2, 0.25) is 0 Å². The molecule has 0 bridgehead atoms. The second-order valence-electron chi connectivity index (χ2n) is 8.51. The molecule has 3 amide bonds. The average Bonchev–Trinajstić information content (AvgIpc) is 3.27. The van der Waals surface area contributed by atoms with Gasteiger partial charge in [-0.3, -0.25) is 14.4 Å². The third-order valence-electron chi connectivity index (χ3n) is 7.07. The Morgan fingerprint density at radius 1 is 1.12 bits per heavy atom. The van der Waals surface area contributed by atoms with Crippen LogP contribution in [0.1, 0.15) is 51.4 Å². The Labute approximate surface area is 142 Å². The molecule has 4 rings (SSSR count). The zero-order valence-electron chi connectivity index (χ0n) is 14.3. The van der Waals surface area contributed by atoms with Crippen molar-refractivity contribution in [2.75, 3.05) is 26.2 Å². The van der Waals surface area contributed by atoms with E-state index in [1.165, 1.54) is 19.3 Å². The lowest BCUT2D eigenvalue weighted by Gasteiger charge is -2.47. The van der Waals surface area contributed by atoms with Crippen molar-refractivity contribution >= 4 is 17.7 Å². The summed E-state index contributed by atoms with van der Waals surface area (Å²) in [5.74, 6) is 0.236. The molecule has 2 aliphatic carbocycles. The van der Waals surface area contributed by atoms with Gasteiger partial charge in [0.2, 0.25) is 17.7 Å². The van der Waals surface area contributed by atoms with Crippen LogP contribution in [0.5, 0.6) is 0 Å². The Morgan fingerprint density at radius 3 is 2.38 bits per heavy atom. The fraction of sp³-hybridized carbons (Fsp3) is 0.833. The first-order chi connectivity index (χ1) is 11.4. The Balaban J connectivity index is 1.34. The van der Waals surface area contributed by atoms with Crippen molar-refractivity contribution in [3.05, 3.63) is 0 Å². The highest BCUT2D eigenvalue weighted by Gasteiger charge is 2.61. The zero-order valence-corrected chi connectivity index (χ0v) is 14.3. The molecule has 4 fully saturated rings. The molecule has 2 aliphatic heterocycles. The number of primary amides is 1. The summed E-state index contributed by atoms with van der Waals surface area (Å²) in [7, 11) is 0. The largest absolute Gasteiger partial charge is 0.368 e. The normalized spacial score (nSPS) is 30.3. The molecule has 1 atom stereocenters. The van der Waals surface area contributed by atoms with Crippen molar-refractivity contribution in [2.45, 2.75) is 51.4 Å². The third-order valence-corrected chi connectivity index (χ3v) is 7.07. The first-order valence-corrected chi connectivity index (χ1v) is 9.28. The first-order valence-electron chi connectivity index (χ1n) is 9.28. The molecule has 0 aromatic heterocycles. The number of piperidine rings is 2. The predicted molar refractivity (Wildman–Crippen MR) is 87.6 cm³/mol. The quantitative estimate of drug-likeness (QED) is 0.832. The van der Waals surface area contributed by atoms with Crippen LogP contribution in [0.4, 0.5) is 0 Å². The number of carbonyl (C=O) groups is 3. The van der Waals surface area contributed by atoms with Crippen LogP contribution in [0, 0.1) is 16.7 Å². The summed E-state index contributed by atoms with van der Waals surface area (Å²) in [5.41, 5.74) is 5.72. The van der Waals surface area contributed by atoms with Gasteiger partial charge in [0.05, 0.1) is 6.54 Å². The molecule has 4 aliphatic rings. The Hall–Kier alpha value is -1.59. The summed E-state index contributed by atoms with van der Waals surface area (Å²) in [6.45, 7) is 2.23. The van der Waals surface area contributed by atoms with E-state index in [0.29, 0.717) is 30.2 Å². The molecular formula is C18H27N3O3. The Bertz CT molecular complexity index is 576. The minimum atomic E-state index is -0.451. The summed E-state index contributed by atoms with van der Waals surface area (Å²) in [6.07, 6.45) is 8.10. The van der Waals surface area contributed by atoms with Crippen molar-refractivity contribution in [1.82, 2.24) is 9.80 Å². The molecule has 2 saturated carbocycles. The van der Waals surface area contributed by atoms with Crippen molar-refractivity contribution < 1.29 is 14.4 Å². The average molecular weight is 333 g/mol. The van der Waals surface area contributed by atoms with E-state index in [9.17, 15) is 14.4 Å². The van der Waals surface area contributed by atoms with Crippen LogP contribution in [-0.2, 0) is 14.4 Å². The smallest absolute Gasteiger partial charge is 0.237 e. The summed E-state index contributed by atoms with van der Waals surface area (Å²) in [4.78, 5) is 39.5. The van der Waals surface area contributed by atoms with E-state index >= 15 is 0 Å². The number of carbonyl (C=O) groups excluding carboxylic acids is 3. The van der Waals surface area contributed by atoms with Gasteiger partial charge in [-0.25, -0.2) is 0 Å². The molecule has 2 saturated heterocycles. The highest BCUT2D eigenvalue weighted by molar-refractivity contribution is 5.84. The van der Waals surface area contributed by atoms with Crippen LogP contribution in [0.3, 0.4) is 0 Å². The second-order valence-corrected chi connectivity index (χ2v) is 8.51. The maximum atomic E-state index is 12.7. The summed E-state index contributed by atoms with van der Waals surface area (Å²) in [5, 5.41) is 0. The van der Waals surface area contributed by atoms with Crippen LogP contribution in [0.25, 0.3) is 0 Å². The number of nitrogens with zero attached hydrogens (tertiary/aromatic N) is 2. The lowest BCUT2D eigenvalue weighted by molar-refractivity contribution is -0.145. The molecule has 0 aromatic rings. The molecule has 2 N–H and O–H groups in total. The highest BCUT2D eigenvalue weighted by atomic mass is 16.2. The molecule has 0 aromatic carbocycles. The standard InChI is InChI=1S/C18H27N3O3/c19-14(22)11-21-12-17(5-2-15(21)23)6-8-20(9-7-17)16(24)13-10-18(13)3-1-4-18/h13H,1-12H2,(H2,19,22). The highest BCUT2D eigenvalue weighted by Crippen LogP contribution is 2.66. The van der Waals surface area contributed by atoms with Crippen LogP contribution in [-0.4, -0.2) is 53.7 Å². The number of rotatable bonds is 3. The van der Waals surface area contributed by atoms with Gasteiger partial charge in [-0.1, -0.05) is 6.42 Å². The minimum Gasteiger partial charge on any atom is -0.368 e. The van der Waals surface area contributed by atoms with E-state index in [1.54, 1.807) is 4.90 Å². The van der Waals surface area contributed by atoms with Gasteiger partial charge in [0, 0.05) is 32.0 Å². The maximum absolute atomic E-state index is 12.7. The topological polar surface area (TPSA) is 83.7 Å². The SMILES string of the molecule is NC(=O)CN1CC2(CCC1=O)CCN(C(=O)C1CC13CCC3)CC2. The van der Waals surface area contributed by atoms with Gasteiger partial charge in [-0.05, 0) is 49.4 Å². The second kappa shape index (κ2) is 5.46. The van der Waals surface area contributed by atoms with Gasteiger partial charge in [0.15, 0.2) is 0 Å². The number of amides is 3. The number of likely N-dealkylation sites (tertiary alicyclic amines) is 2. The molecule has 2 spiro atoms. The summed E-state index contributed by atoms with van der Waals surface area (Å²) >= 11 is 0. The molecule has 1 unspecified atom stereocenters. The molecule has 6 heteroatoms. The van der Waals surface area contributed by atoms with Crippen LogP contribution >= 0.6 is 0 Å². The lowest BCUT2D eigenvalue weighted by Crippen LogP contribution is -2.54. The lowest BCUT2D eigenvalue weighted by atomic mass is 9.72. The molecular weight excluding hydrogens is 306 g/mol. The van der Waals surface area contributed by atoms with E-state index in [2.05, 4.69) is 4.90 Å². The van der Waals surface area contributed by atoms with E-state index < -0.39 is 5.91 Å². The van der Waals surface area contributed by atoms with Crippen molar-refractivity contribution in [1.29, 1.82) is 0 Å². The van der Waals surface area contributed by atoms with Gasteiger partial charge >= 0.3 is 0 Å². The van der Waals surface area contributed by atoms with E-state index in [1.807, 2.05) is 0 Å². The summed E-state index contributed by atoms with van der Waals surface area (Å²) in [6, 6.07) is 0. The summed E-state index contributed by atoms with van der Waals surface area (Å²) < 4.78 is 0. The fourth-order valence-corrected chi connectivity index (χ4v) is 5.14. The van der Waals surface area contributed by atoms with Gasteiger partial charge < -0.3 is 15.5 Å². The van der Waals surface area contributed by atoms with Crippen LogP contribution in [0.15, 0.2) is 0 Å². The number of hydrogen-bond donors (Lipinski definition) is 1. The van der Waals surface area contributed by atoms with Gasteiger partial charge in [0.25, 0.3) is 0 Å². The van der Waals surface area contributed by atoms with Gasteiger partial charge in [-0.2, -0.15) is 0 Å². The minimum absolute atomic E-state index is 0.0216. The van der Waals surface area contributed by atoms with Crippen molar-refractivity contribution in [3.8, 4) is 0 Å². The van der Waals surface area contributed by atoms with Gasteiger partial charge in [-0.15, -0.1) is 0 Å². The molecule has 0 radical (unpaired) electrons. The Kier molecular flexibility index (Phi) is 3.62. The monoisotopic (exact) mass is 333 g/mol. The van der Waals surface area contributed by atoms with E-state index in [4.69, 9.17) is 5.73 Å². The van der Waals surface area contributed by atoms with E-state index in [0.717, 1.165) is 38.8 Å². The molecule has 132 valence electrons. The Morgan fingerprint density at radius 2 is 1.83 bits per heavy atom. The van der Waals surface area contributed by atoms with Crippen molar-refractivity contribution in [2.24, 2.45) is 22.5 Å². The number of nitrogens with two attached hydrogens (primary N) is 1. The molecule has 24 heavy (non-hydrogen) atoms. The molecule has 2 heterocycles. The number of hydrogen-bond acceptors (Lipinski definition) is 3. The third kappa shape index (κ3) is 2.60. The maximum Gasteiger partial charge on any atom is 0.237 e. The zero-order chi connectivity index (χ0) is 16.9. The fourth-order valence-electron chi connectivity index (χ4n) is 5.14. The molecule has 6 nitrogen and oxygen atoms in total.